The van der Waals surface area contributed by atoms with Gasteiger partial charge in [0.25, 0.3) is 0 Å². The Morgan fingerprint density at radius 2 is 1.94 bits per heavy atom. The summed E-state index contributed by atoms with van der Waals surface area (Å²) in [4.78, 5) is 23.3. The van der Waals surface area contributed by atoms with Gasteiger partial charge in [0.1, 0.15) is 5.60 Å². The predicted molar refractivity (Wildman–Crippen MR) is 70.0 cm³/mol. The standard InChI is InChI=1S/C14H25NO3/c1-10(9-12(16)18-14(2,3)4)13(17)15-8-7-11-5-6-11/h10-11H,5-9H2,1-4H3,(H,15,17)/t10-/m0/s1. The Morgan fingerprint density at radius 3 is 2.44 bits per heavy atom. The molecule has 0 aromatic rings. The van der Waals surface area contributed by atoms with Crippen molar-refractivity contribution in [3.05, 3.63) is 0 Å². The number of hydrogen-bond acceptors (Lipinski definition) is 3. The van der Waals surface area contributed by atoms with Crippen molar-refractivity contribution in [2.24, 2.45) is 11.8 Å². The smallest absolute Gasteiger partial charge is 0.307 e. The second kappa shape index (κ2) is 6.21. The van der Waals surface area contributed by atoms with Crippen LogP contribution in [0.25, 0.3) is 0 Å². The largest absolute Gasteiger partial charge is 0.460 e. The Balaban J connectivity index is 2.18. The molecule has 0 radical (unpaired) electrons. The Labute approximate surface area is 109 Å². The lowest BCUT2D eigenvalue weighted by Crippen LogP contribution is -2.33. The van der Waals surface area contributed by atoms with E-state index in [2.05, 4.69) is 5.32 Å². The van der Waals surface area contributed by atoms with E-state index in [1.807, 2.05) is 20.8 Å². The van der Waals surface area contributed by atoms with Crippen LogP contribution in [0.15, 0.2) is 0 Å². The molecule has 4 heteroatoms. The third kappa shape index (κ3) is 6.62. The first-order valence-corrected chi connectivity index (χ1v) is 6.77. The van der Waals surface area contributed by atoms with Crippen molar-refractivity contribution in [3.63, 3.8) is 0 Å². The number of hydrogen-bond donors (Lipinski definition) is 1. The second-order valence-corrected chi connectivity index (χ2v) is 6.21. The monoisotopic (exact) mass is 255 g/mol. The fourth-order valence-electron chi connectivity index (χ4n) is 1.71. The van der Waals surface area contributed by atoms with Gasteiger partial charge in [0.05, 0.1) is 6.42 Å². The molecule has 1 amide bonds. The van der Waals surface area contributed by atoms with Gasteiger partial charge < -0.3 is 10.1 Å². The maximum absolute atomic E-state index is 11.7. The summed E-state index contributed by atoms with van der Waals surface area (Å²) < 4.78 is 5.19. The summed E-state index contributed by atoms with van der Waals surface area (Å²) in [6.07, 6.45) is 3.80. The lowest BCUT2D eigenvalue weighted by Gasteiger charge is -2.20. The summed E-state index contributed by atoms with van der Waals surface area (Å²) in [5.74, 6) is 0.124. The molecule has 1 aliphatic carbocycles. The molecule has 0 aromatic heterocycles. The summed E-state index contributed by atoms with van der Waals surface area (Å²) >= 11 is 0. The van der Waals surface area contributed by atoms with Crippen LogP contribution in [0.1, 0.15) is 53.4 Å². The summed E-state index contributed by atoms with van der Waals surface area (Å²) in [6.45, 7) is 7.96. The van der Waals surface area contributed by atoms with Crippen molar-refractivity contribution in [1.29, 1.82) is 0 Å². The summed E-state index contributed by atoms with van der Waals surface area (Å²) in [7, 11) is 0. The Bertz CT molecular complexity index is 303. The molecule has 0 bridgehead atoms. The SMILES string of the molecule is C[C@@H](CC(=O)OC(C)(C)C)C(=O)NCCC1CC1. The zero-order valence-corrected chi connectivity index (χ0v) is 11.9. The molecule has 1 rings (SSSR count). The Kier molecular flexibility index (Phi) is 5.17. The quantitative estimate of drug-likeness (QED) is 0.741. The molecule has 0 aliphatic heterocycles. The number of nitrogens with one attached hydrogen (secondary N) is 1. The van der Waals surface area contributed by atoms with Crippen molar-refractivity contribution in [2.75, 3.05) is 6.54 Å². The van der Waals surface area contributed by atoms with Crippen molar-refractivity contribution in [3.8, 4) is 0 Å². The fraction of sp³-hybridized carbons (Fsp3) is 0.857. The maximum atomic E-state index is 11.7. The first-order valence-electron chi connectivity index (χ1n) is 6.77. The maximum Gasteiger partial charge on any atom is 0.307 e. The predicted octanol–water partition coefficient (Wildman–Crippen LogP) is 2.27. The van der Waals surface area contributed by atoms with Crippen molar-refractivity contribution in [1.82, 2.24) is 5.32 Å². The van der Waals surface area contributed by atoms with E-state index >= 15 is 0 Å². The molecule has 0 saturated heterocycles. The van der Waals surface area contributed by atoms with Gasteiger partial charge in [-0.1, -0.05) is 19.8 Å². The first-order chi connectivity index (χ1) is 8.28. The molecule has 0 unspecified atom stereocenters. The average molecular weight is 255 g/mol. The van der Waals surface area contributed by atoms with Crippen molar-refractivity contribution < 1.29 is 14.3 Å². The van der Waals surface area contributed by atoms with E-state index in [0.717, 1.165) is 18.9 Å². The van der Waals surface area contributed by atoms with Crippen LogP contribution in [0.5, 0.6) is 0 Å². The van der Waals surface area contributed by atoms with Crippen LogP contribution in [0.3, 0.4) is 0 Å². The molecule has 0 aromatic carbocycles. The van der Waals surface area contributed by atoms with Gasteiger partial charge in [-0.25, -0.2) is 0 Å². The van der Waals surface area contributed by atoms with Gasteiger partial charge in [-0.05, 0) is 33.1 Å². The van der Waals surface area contributed by atoms with Crippen LogP contribution in [-0.2, 0) is 14.3 Å². The lowest BCUT2D eigenvalue weighted by atomic mass is 10.1. The van der Waals surface area contributed by atoms with Crippen LogP contribution in [0, 0.1) is 11.8 Å². The highest BCUT2D eigenvalue weighted by Crippen LogP contribution is 2.31. The normalized spacial score (nSPS) is 17.1. The molecule has 1 fully saturated rings. The van der Waals surface area contributed by atoms with Crippen LogP contribution in [0.4, 0.5) is 0 Å². The van der Waals surface area contributed by atoms with E-state index in [1.54, 1.807) is 6.92 Å². The fourth-order valence-corrected chi connectivity index (χ4v) is 1.71. The molecule has 0 heterocycles. The second-order valence-electron chi connectivity index (χ2n) is 6.21. The Hall–Kier alpha value is -1.06. The van der Waals surface area contributed by atoms with Gasteiger partial charge in [0.15, 0.2) is 0 Å². The molecule has 1 aliphatic rings. The molecule has 1 N–H and O–H groups in total. The summed E-state index contributed by atoms with van der Waals surface area (Å²) in [5, 5.41) is 2.88. The van der Waals surface area contributed by atoms with Crippen LogP contribution in [0.2, 0.25) is 0 Å². The van der Waals surface area contributed by atoms with Gasteiger partial charge in [-0.2, -0.15) is 0 Å². The average Bonchev–Trinajstić information content (AvgIpc) is 2.98. The minimum atomic E-state index is -0.487. The number of ether oxygens (including phenoxy) is 1. The van der Waals surface area contributed by atoms with Gasteiger partial charge >= 0.3 is 5.97 Å². The van der Waals surface area contributed by atoms with Crippen molar-refractivity contribution >= 4 is 11.9 Å². The van der Waals surface area contributed by atoms with E-state index in [0.29, 0.717) is 0 Å². The van der Waals surface area contributed by atoms with Crippen LogP contribution in [-0.4, -0.2) is 24.0 Å². The molecule has 1 saturated carbocycles. The highest BCUT2D eigenvalue weighted by Gasteiger charge is 2.23. The minimum Gasteiger partial charge on any atom is -0.460 e. The summed E-state index contributed by atoms with van der Waals surface area (Å²) in [5.41, 5.74) is -0.487. The molecule has 104 valence electrons. The zero-order chi connectivity index (χ0) is 13.8. The molecule has 4 nitrogen and oxygen atoms in total. The zero-order valence-electron chi connectivity index (χ0n) is 11.9. The Morgan fingerprint density at radius 1 is 1.33 bits per heavy atom. The van der Waals surface area contributed by atoms with E-state index in [-0.39, 0.29) is 24.2 Å². The van der Waals surface area contributed by atoms with Crippen LogP contribution < -0.4 is 5.32 Å². The first kappa shape index (κ1) is 15.0. The third-order valence-electron chi connectivity index (χ3n) is 2.89. The topological polar surface area (TPSA) is 55.4 Å². The van der Waals surface area contributed by atoms with Crippen molar-refractivity contribution in [2.45, 2.75) is 59.0 Å². The van der Waals surface area contributed by atoms with Gasteiger partial charge in [0, 0.05) is 12.5 Å². The number of amides is 1. The lowest BCUT2D eigenvalue weighted by molar-refractivity contribution is -0.157. The van der Waals surface area contributed by atoms with E-state index in [1.165, 1.54) is 12.8 Å². The van der Waals surface area contributed by atoms with Gasteiger partial charge in [-0.15, -0.1) is 0 Å². The van der Waals surface area contributed by atoms with E-state index in [9.17, 15) is 9.59 Å². The molecule has 1 atom stereocenters. The number of rotatable bonds is 6. The highest BCUT2D eigenvalue weighted by molar-refractivity contribution is 5.83. The molecule has 0 spiro atoms. The number of esters is 1. The molecule has 18 heavy (non-hydrogen) atoms. The third-order valence-corrected chi connectivity index (χ3v) is 2.89. The molecular formula is C14H25NO3. The van der Waals surface area contributed by atoms with E-state index < -0.39 is 5.60 Å². The molecular weight excluding hydrogens is 230 g/mol. The number of carbonyl (C=O) groups is 2. The summed E-state index contributed by atoms with van der Waals surface area (Å²) in [6, 6.07) is 0. The van der Waals surface area contributed by atoms with Gasteiger partial charge in [-0.3, -0.25) is 9.59 Å². The highest BCUT2D eigenvalue weighted by atomic mass is 16.6. The van der Waals surface area contributed by atoms with Gasteiger partial charge in [0.2, 0.25) is 5.91 Å². The minimum absolute atomic E-state index is 0.0542. The number of carbonyl (C=O) groups excluding carboxylic acids is 2. The van der Waals surface area contributed by atoms with Crippen LogP contribution >= 0.6 is 0 Å². The van der Waals surface area contributed by atoms with E-state index in [4.69, 9.17) is 4.74 Å².